The first kappa shape index (κ1) is 15.3. The summed E-state index contributed by atoms with van der Waals surface area (Å²) in [6.45, 7) is 4.62. The number of carbonyl (C=O) groups is 1. The summed E-state index contributed by atoms with van der Waals surface area (Å²) >= 11 is 0. The Morgan fingerprint density at radius 3 is 2.48 bits per heavy atom. The van der Waals surface area contributed by atoms with E-state index in [0.717, 1.165) is 5.56 Å². The van der Waals surface area contributed by atoms with Crippen molar-refractivity contribution in [3.63, 3.8) is 0 Å². The zero-order valence-electron chi connectivity index (χ0n) is 12.5. The van der Waals surface area contributed by atoms with E-state index < -0.39 is 5.97 Å². The average molecular weight is 283 g/mol. The maximum atomic E-state index is 10.7. The second kappa shape index (κ2) is 7.04. The molecule has 21 heavy (non-hydrogen) atoms. The van der Waals surface area contributed by atoms with Gasteiger partial charge in [0.1, 0.15) is 0 Å². The van der Waals surface area contributed by atoms with Crippen molar-refractivity contribution in [2.45, 2.75) is 26.3 Å². The Morgan fingerprint density at radius 1 is 1.14 bits per heavy atom. The van der Waals surface area contributed by atoms with Crippen molar-refractivity contribution in [3.05, 3.63) is 70.8 Å². The number of nitrogens with one attached hydrogen (secondary N) is 1. The molecule has 0 aliphatic rings. The van der Waals surface area contributed by atoms with Crippen LogP contribution >= 0.6 is 0 Å². The van der Waals surface area contributed by atoms with E-state index in [1.807, 2.05) is 18.2 Å². The molecule has 2 rings (SSSR count). The van der Waals surface area contributed by atoms with Crippen LogP contribution in [0, 0.1) is 13.8 Å². The third-order valence-electron chi connectivity index (χ3n) is 3.56. The summed E-state index contributed by atoms with van der Waals surface area (Å²) < 4.78 is 0. The zero-order chi connectivity index (χ0) is 15.2. The highest BCUT2D eigenvalue weighted by Gasteiger charge is 2.15. The van der Waals surface area contributed by atoms with Crippen LogP contribution in [0.5, 0.6) is 0 Å². The van der Waals surface area contributed by atoms with Crippen LogP contribution < -0.4 is 5.32 Å². The molecule has 2 aromatic carbocycles. The van der Waals surface area contributed by atoms with Crippen LogP contribution in [0.3, 0.4) is 0 Å². The van der Waals surface area contributed by atoms with E-state index in [4.69, 9.17) is 5.11 Å². The van der Waals surface area contributed by atoms with Crippen molar-refractivity contribution in [3.8, 4) is 0 Å². The minimum atomic E-state index is -0.782. The second-order valence-electron chi connectivity index (χ2n) is 5.30. The van der Waals surface area contributed by atoms with Gasteiger partial charge in [0, 0.05) is 6.54 Å². The Bertz CT molecular complexity index is 608. The number of rotatable bonds is 6. The molecule has 1 unspecified atom stereocenters. The van der Waals surface area contributed by atoms with Crippen molar-refractivity contribution in [1.82, 2.24) is 5.32 Å². The lowest BCUT2D eigenvalue weighted by Gasteiger charge is -2.22. The fourth-order valence-corrected chi connectivity index (χ4v) is 2.53. The molecule has 0 radical (unpaired) electrons. The summed E-state index contributed by atoms with van der Waals surface area (Å²) in [6, 6.07) is 16.5. The summed E-state index contributed by atoms with van der Waals surface area (Å²) in [5, 5.41) is 12.2. The van der Waals surface area contributed by atoms with Crippen molar-refractivity contribution in [2.75, 3.05) is 6.54 Å². The van der Waals surface area contributed by atoms with E-state index in [1.54, 1.807) is 0 Å². The van der Waals surface area contributed by atoms with Gasteiger partial charge in [-0.2, -0.15) is 0 Å². The summed E-state index contributed by atoms with van der Waals surface area (Å²) in [7, 11) is 0. The Hall–Kier alpha value is -2.13. The molecular weight excluding hydrogens is 262 g/mol. The first-order chi connectivity index (χ1) is 10.1. The molecule has 0 fully saturated rings. The molecule has 2 aromatic rings. The highest BCUT2D eigenvalue weighted by Crippen LogP contribution is 2.25. The van der Waals surface area contributed by atoms with Gasteiger partial charge in [-0.05, 0) is 30.5 Å². The normalized spacial score (nSPS) is 12.1. The number of aryl methyl sites for hydroxylation is 2. The molecule has 0 amide bonds. The zero-order valence-corrected chi connectivity index (χ0v) is 12.5. The van der Waals surface area contributed by atoms with Crippen molar-refractivity contribution in [2.24, 2.45) is 0 Å². The molecule has 0 aliphatic heterocycles. The van der Waals surface area contributed by atoms with Gasteiger partial charge in [-0.25, -0.2) is 0 Å². The van der Waals surface area contributed by atoms with Crippen LogP contribution in [-0.2, 0) is 4.79 Å². The molecule has 110 valence electrons. The van der Waals surface area contributed by atoms with Crippen LogP contribution in [0.1, 0.15) is 34.7 Å². The number of hydrogen-bond donors (Lipinski definition) is 2. The lowest BCUT2D eigenvalue weighted by molar-refractivity contribution is -0.136. The van der Waals surface area contributed by atoms with Crippen molar-refractivity contribution >= 4 is 5.97 Å². The van der Waals surface area contributed by atoms with Gasteiger partial charge in [0.05, 0.1) is 12.5 Å². The fraction of sp³-hybridized carbons (Fsp3) is 0.278. The number of hydrogen-bond acceptors (Lipinski definition) is 2. The van der Waals surface area contributed by atoms with Crippen molar-refractivity contribution in [1.29, 1.82) is 0 Å². The third kappa shape index (κ3) is 4.17. The molecule has 0 aliphatic carbocycles. The van der Waals surface area contributed by atoms with Gasteiger partial charge in [0.25, 0.3) is 0 Å². The van der Waals surface area contributed by atoms with Crippen LogP contribution in [0.4, 0.5) is 0 Å². The predicted molar refractivity (Wildman–Crippen MR) is 84.5 cm³/mol. The van der Waals surface area contributed by atoms with Gasteiger partial charge in [0.2, 0.25) is 0 Å². The summed E-state index contributed by atoms with van der Waals surface area (Å²) in [5.74, 6) is -0.782. The minimum absolute atomic E-state index is 0.0196. The van der Waals surface area contributed by atoms with Gasteiger partial charge in [-0.1, -0.05) is 54.1 Å². The highest BCUT2D eigenvalue weighted by atomic mass is 16.4. The van der Waals surface area contributed by atoms with Gasteiger partial charge in [-0.3, -0.25) is 4.79 Å². The number of aliphatic carboxylic acids is 1. The molecule has 1 atom stereocenters. The lowest BCUT2D eigenvalue weighted by atomic mass is 9.94. The molecule has 0 heterocycles. The van der Waals surface area contributed by atoms with Gasteiger partial charge >= 0.3 is 5.97 Å². The molecule has 3 heteroatoms. The first-order valence-electron chi connectivity index (χ1n) is 7.15. The fourth-order valence-electron chi connectivity index (χ4n) is 2.53. The maximum Gasteiger partial charge on any atom is 0.304 e. The Morgan fingerprint density at radius 2 is 1.86 bits per heavy atom. The molecule has 0 aromatic heterocycles. The first-order valence-corrected chi connectivity index (χ1v) is 7.15. The van der Waals surface area contributed by atoms with E-state index in [0.29, 0.717) is 6.54 Å². The number of carboxylic acids is 1. The van der Waals surface area contributed by atoms with Crippen LogP contribution in [0.2, 0.25) is 0 Å². The highest BCUT2D eigenvalue weighted by molar-refractivity contribution is 5.66. The molecular formula is C18H21NO2. The minimum Gasteiger partial charge on any atom is -0.481 e. The summed E-state index contributed by atoms with van der Waals surface area (Å²) in [6.07, 6.45) is 0.119. The topological polar surface area (TPSA) is 49.3 Å². The molecule has 2 N–H and O–H groups in total. The van der Waals surface area contributed by atoms with Crippen LogP contribution in [-0.4, -0.2) is 17.6 Å². The average Bonchev–Trinajstić information content (AvgIpc) is 2.45. The largest absolute Gasteiger partial charge is 0.481 e. The van der Waals surface area contributed by atoms with Gasteiger partial charge in [-0.15, -0.1) is 0 Å². The lowest BCUT2D eigenvalue weighted by Crippen LogP contribution is -2.25. The Balaban J connectivity index is 2.29. The van der Waals surface area contributed by atoms with Gasteiger partial charge < -0.3 is 10.4 Å². The summed E-state index contributed by atoms with van der Waals surface area (Å²) in [5.41, 5.74) is 4.78. The monoisotopic (exact) mass is 283 g/mol. The summed E-state index contributed by atoms with van der Waals surface area (Å²) in [4.78, 5) is 10.7. The Labute approximate surface area is 125 Å². The SMILES string of the molecule is Cc1ccc(C(NCCC(=O)O)c2ccccc2)c(C)c1. The smallest absolute Gasteiger partial charge is 0.304 e. The number of benzene rings is 2. The van der Waals surface area contributed by atoms with E-state index >= 15 is 0 Å². The maximum absolute atomic E-state index is 10.7. The molecule has 3 nitrogen and oxygen atoms in total. The molecule has 0 spiro atoms. The molecule has 0 saturated carbocycles. The van der Waals surface area contributed by atoms with E-state index in [2.05, 4.69) is 49.5 Å². The van der Waals surface area contributed by atoms with E-state index in [9.17, 15) is 4.79 Å². The van der Waals surface area contributed by atoms with E-state index in [-0.39, 0.29) is 12.5 Å². The van der Waals surface area contributed by atoms with Crippen molar-refractivity contribution < 1.29 is 9.90 Å². The van der Waals surface area contributed by atoms with Crippen LogP contribution in [0.25, 0.3) is 0 Å². The Kier molecular flexibility index (Phi) is 5.12. The molecule has 0 bridgehead atoms. The standard InChI is InChI=1S/C18H21NO2/c1-13-8-9-16(14(2)12-13)18(19-11-10-17(20)21)15-6-4-3-5-7-15/h3-9,12,18-19H,10-11H2,1-2H3,(H,20,21). The quantitative estimate of drug-likeness (QED) is 0.853. The number of carboxylic acid groups (broad SMARTS) is 1. The van der Waals surface area contributed by atoms with Crippen LogP contribution in [0.15, 0.2) is 48.5 Å². The third-order valence-corrected chi connectivity index (χ3v) is 3.56. The second-order valence-corrected chi connectivity index (χ2v) is 5.30. The van der Waals surface area contributed by atoms with Gasteiger partial charge in [0.15, 0.2) is 0 Å². The van der Waals surface area contributed by atoms with E-state index in [1.165, 1.54) is 16.7 Å². The predicted octanol–water partition coefficient (Wildman–Crippen LogP) is 3.46. The molecule has 0 saturated heterocycles.